The number of hydrogen-bond acceptors (Lipinski definition) is 6. The number of methoxy groups -OCH3 is 1. The average molecular weight is 495 g/mol. The predicted molar refractivity (Wildman–Crippen MR) is 137 cm³/mol. The SMILES string of the molecule is [2H]C([2H])([2H])Oc1cccc(OC[C@@H](Cc2ccccc2)NC(=O)OC(C)(C)C)c1C(=O)OCc1ccccc1. The highest BCUT2D eigenvalue weighted by Crippen LogP contribution is 2.30. The molecule has 0 aliphatic rings. The molecule has 7 nitrogen and oxygen atoms in total. The van der Waals surface area contributed by atoms with Gasteiger partial charge in [0.1, 0.15) is 35.9 Å². The Bertz CT molecular complexity index is 1230. The Balaban J connectivity index is 1.84. The van der Waals surface area contributed by atoms with Gasteiger partial charge in [0.15, 0.2) is 0 Å². The summed E-state index contributed by atoms with van der Waals surface area (Å²) in [5, 5.41) is 2.82. The van der Waals surface area contributed by atoms with Crippen molar-refractivity contribution in [3.05, 3.63) is 95.6 Å². The molecular weight excluding hydrogens is 458 g/mol. The molecule has 0 aliphatic carbocycles. The Morgan fingerprint density at radius 1 is 0.889 bits per heavy atom. The Labute approximate surface area is 216 Å². The van der Waals surface area contributed by atoms with E-state index in [1.54, 1.807) is 32.9 Å². The lowest BCUT2D eigenvalue weighted by Crippen LogP contribution is -2.43. The minimum atomic E-state index is -2.80. The minimum Gasteiger partial charge on any atom is -0.496 e. The van der Waals surface area contributed by atoms with E-state index in [-0.39, 0.29) is 30.3 Å². The van der Waals surface area contributed by atoms with Crippen LogP contribution in [0.1, 0.15) is 46.4 Å². The standard InChI is InChI=1S/C29H33NO6/c1-29(2,3)36-28(32)30-23(18-21-12-7-5-8-13-21)20-34-25-17-11-16-24(33-4)26(25)27(31)35-19-22-14-9-6-10-15-22/h5-17,23H,18-20H2,1-4H3,(H,30,32)/t23-/m1/s1/i4D3. The molecule has 3 aromatic carbocycles. The van der Waals surface area contributed by atoms with Gasteiger partial charge in [-0.05, 0) is 50.5 Å². The fourth-order valence-corrected chi connectivity index (χ4v) is 3.43. The molecule has 7 heteroatoms. The van der Waals surface area contributed by atoms with E-state index in [1.807, 2.05) is 48.5 Å². The first-order valence-electron chi connectivity index (χ1n) is 13.1. The Kier molecular flexibility index (Phi) is 7.88. The summed E-state index contributed by atoms with van der Waals surface area (Å²) in [5.41, 5.74) is 0.843. The van der Waals surface area contributed by atoms with E-state index < -0.39 is 30.7 Å². The van der Waals surface area contributed by atoms with Crippen LogP contribution in [0, 0.1) is 0 Å². The van der Waals surface area contributed by atoms with Gasteiger partial charge in [-0.15, -0.1) is 0 Å². The largest absolute Gasteiger partial charge is 0.496 e. The molecule has 0 saturated carbocycles. The highest BCUT2D eigenvalue weighted by atomic mass is 16.6. The van der Waals surface area contributed by atoms with Crippen molar-refractivity contribution in [3.8, 4) is 11.5 Å². The number of nitrogens with one attached hydrogen (secondary N) is 1. The van der Waals surface area contributed by atoms with Crippen LogP contribution in [0.25, 0.3) is 0 Å². The molecule has 1 amide bonds. The summed E-state index contributed by atoms with van der Waals surface area (Å²) < 4.78 is 44.5. The van der Waals surface area contributed by atoms with Gasteiger partial charge >= 0.3 is 12.1 Å². The molecule has 0 heterocycles. The second-order valence-corrected chi connectivity index (χ2v) is 9.14. The number of ether oxygens (including phenoxy) is 4. The second-order valence-electron chi connectivity index (χ2n) is 9.14. The highest BCUT2D eigenvalue weighted by Gasteiger charge is 2.23. The van der Waals surface area contributed by atoms with Crippen molar-refractivity contribution >= 4 is 12.1 Å². The van der Waals surface area contributed by atoms with Gasteiger partial charge in [0.2, 0.25) is 0 Å². The molecule has 0 radical (unpaired) electrons. The van der Waals surface area contributed by atoms with Crippen LogP contribution >= 0.6 is 0 Å². The summed E-state index contributed by atoms with van der Waals surface area (Å²) in [4.78, 5) is 25.7. The van der Waals surface area contributed by atoms with E-state index in [9.17, 15) is 9.59 Å². The number of esters is 1. The molecule has 0 saturated heterocycles. The first-order chi connectivity index (χ1) is 18.4. The van der Waals surface area contributed by atoms with Crippen LogP contribution < -0.4 is 14.8 Å². The van der Waals surface area contributed by atoms with Crippen molar-refractivity contribution in [2.75, 3.05) is 13.6 Å². The number of carbonyl (C=O) groups excluding carboxylic acids is 2. The number of benzene rings is 3. The molecule has 0 fully saturated rings. The van der Waals surface area contributed by atoms with Crippen molar-refractivity contribution in [2.45, 2.75) is 45.4 Å². The molecule has 190 valence electrons. The molecule has 1 N–H and O–H groups in total. The van der Waals surface area contributed by atoms with Crippen molar-refractivity contribution < 1.29 is 32.6 Å². The fraction of sp³-hybridized carbons (Fsp3) is 0.310. The lowest BCUT2D eigenvalue weighted by Gasteiger charge is -2.24. The van der Waals surface area contributed by atoms with Crippen molar-refractivity contribution in [1.29, 1.82) is 0 Å². The maximum Gasteiger partial charge on any atom is 0.408 e. The average Bonchev–Trinajstić information content (AvgIpc) is 2.85. The summed E-state index contributed by atoms with van der Waals surface area (Å²) in [5.74, 6) is -0.961. The summed E-state index contributed by atoms with van der Waals surface area (Å²) >= 11 is 0. The molecule has 3 aromatic rings. The van der Waals surface area contributed by atoms with Crippen LogP contribution in [-0.2, 0) is 22.5 Å². The van der Waals surface area contributed by atoms with Crippen molar-refractivity contribution in [2.24, 2.45) is 0 Å². The molecule has 0 aliphatic heterocycles. The zero-order valence-corrected chi connectivity index (χ0v) is 20.7. The Morgan fingerprint density at radius 2 is 1.53 bits per heavy atom. The topological polar surface area (TPSA) is 83.1 Å². The quantitative estimate of drug-likeness (QED) is 0.371. The number of amides is 1. The fourth-order valence-electron chi connectivity index (χ4n) is 3.43. The normalized spacial score (nSPS) is 13.4. The second kappa shape index (κ2) is 12.6. The van der Waals surface area contributed by atoms with Crippen LogP contribution in [-0.4, -0.2) is 37.4 Å². The van der Waals surface area contributed by atoms with Gasteiger partial charge in [-0.3, -0.25) is 0 Å². The van der Waals surface area contributed by atoms with Gasteiger partial charge in [0.25, 0.3) is 0 Å². The molecule has 0 unspecified atom stereocenters. The molecule has 36 heavy (non-hydrogen) atoms. The third-order valence-corrected chi connectivity index (χ3v) is 5.00. The van der Waals surface area contributed by atoms with Gasteiger partial charge < -0.3 is 24.3 Å². The summed E-state index contributed by atoms with van der Waals surface area (Å²) in [7, 11) is -2.80. The summed E-state index contributed by atoms with van der Waals surface area (Å²) in [6.07, 6.45) is -0.201. The maximum atomic E-state index is 13.2. The number of carbonyl (C=O) groups is 2. The summed E-state index contributed by atoms with van der Waals surface area (Å²) in [6, 6.07) is 22.4. The molecular formula is C29H33NO6. The number of hydrogen-bond donors (Lipinski definition) is 1. The monoisotopic (exact) mass is 494 g/mol. The first-order valence-corrected chi connectivity index (χ1v) is 11.6. The van der Waals surface area contributed by atoms with Crippen LogP contribution in [0.15, 0.2) is 78.9 Å². The van der Waals surface area contributed by atoms with Crippen LogP contribution in [0.2, 0.25) is 0 Å². The highest BCUT2D eigenvalue weighted by molar-refractivity contribution is 5.95. The minimum absolute atomic E-state index is 0.0297. The first kappa shape index (κ1) is 22.5. The molecule has 1 atom stereocenters. The van der Waals surface area contributed by atoms with Crippen LogP contribution in [0.4, 0.5) is 4.79 Å². The number of alkyl carbamates (subject to hydrolysis) is 1. The maximum absolute atomic E-state index is 13.2. The van der Waals surface area contributed by atoms with E-state index >= 15 is 0 Å². The van der Waals surface area contributed by atoms with Gasteiger partial charge in [-0.1, -0.05) is 66.7 Å². The van der Waals surface area contributed by atoms with E-state index in [1.165, 1.54) is 18.2 Å². The zero-order chi connectivity index (χ0) is 28.5. The lowest BCUT2D eigenvalue weighted by molar-refractivity contribution is 0.0450. The van der Waals surface area contributed by atoms with Crippen LogP contribution in [0.5, 0.6) is 11.5 Å². The Morgan fingerprint density at radius 3 is 2.17 bits per heavy atom. The Hall–Kier alpha value is -4.00. The lowest BCUT2D eigenvalue weighted by atomic mass is 10.1. The number of rotatable bonds is 10. The van der Waals surface area contributed by atoms with Gasteiger partial charge in [-0.25, -0.2) is 9.59 Å². The van der Waals surface area contributed by atoms with Crippen LogP contribution in [0.3, 0.4) is 0 Å². The van der Waals surface area contributed by atoms with Gasteiger partial charge in [0, 0.05) is 0 Å². The molecule has 3 rings (SSSR count). The van der Waals surface area contributed by atoms with E-state index in [0.29, 0.717) is 6.42 Å². The molecule has 0 aromatic heterocycles. The van der Waals surface area contributed by atoms with E-state index in [2.05, 4.69) is 5.32 Å². The molecule has 0 spiro atoms. The third-order valence-electron chi connectivity index (χ3n) is 5.00. The third kappa shape index (κ3) is 8.34. The van der Waals surface area contributed by atoms with Gasteiger partial charge in [-0.2, -0.15) is 0 Å². The summed E-state index contributed by atoms with van der Waals surface area (Å²) in [6.45, 7) is 5.21. The van der Waals surface area contributed by atoms with E-state index in [0.717, 1.165) is 11.1 Å². The van der Waals surface area contributed by atoms with Gasteiger partial charge in [0.05, 0.1) is 17.2 Å². The van der Waals surface area contributed by atoms with Crippen molar-refractivity contribution in [3.63, 3.8) is 0 Å². The van der Waals surface area contributed by atoms with Crippen molar-refractivity contribution in [1.82, 2.24) is 5.32 Å². The predicted octanol–water partition coefficient (Wildman–Crippen LogP) is 5.57. The van der Waals surface area contributed by atoms with E-state index in [4.69, 9.17) is 23.1 Å². The zero-order valence-electron chi connectivity index (χ0n) is 23.7. The molecule has 0 bridgehead atoms. The smallest absolute Gasteiger partial charge is 0.408 e.